The van der Waals surface area contributed by atoms with Crippen LogP contribution in [0.1, 0.15) is 17.7 Å². The van der Waals surface area contributed by atoms with Gasteiger partial charge in [-0.15, -0.1) is 0 Å². The molecule has 2 N–H and O–H groups in total. The van der Waals surface area contributed by atoms with Crippen molar-refractivity contribution in [2.24, 2.45) is 5.92 Å². The Hall–Kier alpha value is -0.850. The van der Waals surface area contributed by atoms with E-state index < -0.39 is 0 Å². The average molecular weight is 290 g/mol. The maximum absolute atomic E-state index is 11.7. The second-order valence-electron chi connectivity index (χ2n) is 4.27. The highest BCUT2D eigenvalue weighted by Gasteiger charge is 2.27. The molecule has 18 heavy (non-hydrogen) atoms. The number of hydrogen-bond donors (Lipinski definition) is 2. The van der Waals surface area contributed by atoms with Crippen LogP contribution in [0.2, 0.25) is 5.15 Å². The second-order valence-corrected chi connectivity index (χ2v) is 5.69. The molecule has 1 fully saturated rings. The van der Waals surface area contributed by atoms with E-state index in [0.29, 0.717) is 16.6 Å². The van der Waals surface area contributed by atoms with E-state index in [2.05, 4.69) is 15.2 Å². The summed E-state index contributed by atoms with van der Waals surface area (Å²) in [7, 11) is 1.66. The molecule has 0 saturated carbocycles. The third-order valence-electron chi connectivity index (χ3n) is 3.09. The quantitative estimate of drug-likeness (QED) is 0.879. The molecule has 1 atom stereocenters. The number of nitrogens with zero attached hydrogens (tertiary/aromatic N) is 2. The number of carbonyl (C=O) groups excluding carboxylic acids is 1. The van der Waals surface area contributed by atoms with Crippen molar-refractivity contribution in [2.45, 2.75) is 19.4 Å². The zero-order valence-electron chi connectivity index (χ0n) is 10.1. The summed E-state index contributed by atoms with van der Waals surface area (Å²) >= 11 is 7.31. The molecule has 2 heterocycles. The Morgan fingerprint density at radius 3 is 3.11 bits per heavy atom. The lowest BCUT2D eigenvalue weighted by atomic mass is 9.98. The number of rotatable bonds is 3. The fourth-order valence-corrected chi connectivity index (χ4v) is 3.28. The number of halogens is 1. The van der Waals surface area contributed by atoms with Crippen molar-refractivity contribution in [3.8, 4) is 0 Å². The van der Waals surface area contributed by atoms with Crippen LogP contribution in [-0.4, -0.2) is 36.1 Å². The first-order valence-electron chi connectivity index (χ1n) is 5.88. The number of nitrogens with one attached hydrogen (secondary N) is 1. The largest absolute Gasteiger partial charge is 0.391 e. The summed E-state index contributed by atoms with van der Waals surface area (Å²) in [5.41, 5.74) is 0. The monoisotopic (exact) mass is 289 g/mol. The molecule has 1 saturated heterocycles. The Morgan fingerprint density at radius 2 is 2.50 bits per heavy atom. The first kappa shape index (κ1) is 13.6. The lowest BCUT2D eigenvalue weighted by molar-refractivity contribution is -0.124. The fraction of sp³-hybridized carbons (Fsp3) is 0.636. The second kappa shape index (κ2) is 5.86. The summed E-state index contributed by atoms with van der Waals surface area (Å²) in [6.45, 7) is 1.44. The van der Waals surface area contributed by atoms with Gasteiger partial charge in [0.2, 0.25) is 5.91 Å². The van der Waals surface area contributed by atoms with E-state index in [-0.39, 0.29) is 18.4 Å². The van der Waals surface area contributed by atoms with Gasteiger partial charge >= 0.3 is 0 Å². The smallest absolute Gasteiger partial charge is 0.224 e. The molecular weight excluding hydrogens is 274 g/mol. The van der Waals surface area contributed by atoms with Crippen LogP contribution in [0.15, 0.2) is 0 Å². The number of aliphatic hydroxyl groups is 1. The number of aliphatic hydroxyl groups excluding tert-OH is 1. The van der Waals surface area contributed by atoms with E-state index in [4.69, 9.17) is 16.7 Å². The van der Waals surface area contributed by atoms with Gasteiger partial charge in [-0.2, -0.15) is 0 Å². The summed E-state index contributed by atoms with van der Waals surface area (Å²) < 4.78 is 0. The Kier molecular flexibility index (Phi) is 4.42. The minimum atomic E-state index is -0.0940. The highest BCUT2D eigenvalue weighted by molar-refractivity contribution is 7.16. The lowest BCUT2D eigenvalue weighted by Gasteiger charge is -2.31. The molecule has 100 valence electrons. The molecule has 0 radical (unpaired) electrons. The zero-order valence-corrected chi connectivity index (χ0v) is 11.7. The van der Waals surface area contributed by atoms with Crippen LogP contribution in [0.25, 0.3) is 0 Å². The van der Waals surface area contributed by atoms with Crippen molar-refractivity contribution in [2.75, 3.05) is 25.0 Å². The molecule has 7 heteroatoms. The van der Waals surface area contributed by atoms with Crippen LogP contribution >= 0.6 is 22.9 Å². The third-order valence-corrected chi connectivity index (χ3v) is 4.62. The van der Waals surface area contributed by atoms with Crippen LogP contribution in [0.5, 0.6) is 0 Å². The summed E-state index contributed by atoms with van der Waals surface area (Å²) in [6.07, 6.45) is 1.87. The topological polar surface area (TPSA) is 65.5 Å². The first-order chi connectivity index (χ1) is 8.65. The lowest BCUT2D eigenvalue weighted by Crippen LogP contribution is -2.42. The molecule has 5 nitrogen and oxygen atoms in total. The number of piperidine rings is 1. The number of anilines is 1. The van der Waals surface area contributed by atoms with Crippen molar-refractivity contribution < 1.29 is 9.90 Å². The Balaban J connectivity index is 2.10. The summed E-state index contributed by atoms with van der Waals surface area (Å²) in [4.78, 5) is 18.6. The van der Waals surface area contributed by atoms with Crippen molar-refractivity contribution in [1.29, 1.82) is 0 Å². The number of amides is 1. The van der Waals surface area contributed by atoms with E-state index in [1.165, 1.54) is 11.3 Å². The van der Waals surface area contributed by atoms with Gasteiger partial charge < -0.3 is 15.3 Å². The van der Waals surface area contributed by atoms with E-state index in [1.807, 2.05) is 0 Å². The van der Waals surface area contributed by atoms with Crippen molar-refractivity contribution in [1.82, 2.24) is 10.3 Å². The highest BCUT2D eigenvalue weighted by atomic mass is 35.5. The molecular formula is C11H16ClN3O2S. The minimum absolute atomic E-state index is 0.00371. The van der Waals surface area contributed by atoms with Crippen LogP contribution in [0, 0.1) is 5.92 Å². The van der Waals surface area contributed by atoms with Gasteiger partial charge in [0.1, 0.15) is 5.15 Å². The van der Waals surface area contributed by atoms with Crippen LogP contribution in [0.4, 0.5) is 5.13 Å². The van der Waals surface area contributed by atoms with Gasteiger partial charge in [0.05, 0.1) is 17.4 Å². The van der Waals surface area contributed by atoms with Gasteiger partial charge in [0.15, 0.2) is 5.13 Å². The molecule has 1 aromatic rings. The Morgan fingerprint density at radius 1 is 1.72 bits per heavy atom. The average Bonchev–Trinajstić information content (AvgIpc) is 2.79. The van der Waals surface area contributed by atoms with Gasteiger partial charge in [0, 0.05) is 20.1 Å². The van der Waals surface area contributed by atoms with Gasteiger partial charge in [-0.05, 0) is 12.8 Å². The van der Waals surface area contributed by atoms with Gasteiger partial charge in [-0.25, -0.2) is 4.98 Å². The molecule has 1 amide bonds. The summed E-state index contributed by atoms with van der Waals surface area (Å²) in [6, 6.07) is 0. The van der Waals surface area contributed by atoms with E-state index in [0.717, 1.165) is 24.5 Å². The van der Waals surface area contributed by atoms with Crippen LogP contribution in [-0.2, 0) is 11.4 Å². The molecule has 1 aliphatic heterocycles. The van der Waals surface area contributed by atoms with E-state index >= 15 is 0 Å². The predicted molar refractivity (Wildman–Crippen MR) is 72.1 cm³/mol. The third kappa shape index (κ3) is 2.76. The van der Waals surface area contributed by atoms with Gasteiger partial charge in [-0.3, -0.25) is 4.79 Å². The molecule has 0 aliphatic carbocycles. The number of aromatic nitrogens is 1. The molecule has 1 aliphatic rings. The maximum atomic E-state index is 11.7. The predicted octanol–water partition coefficient (Wildman–Crippen LogP) is 1.25. The molecule has 0 bridgehead atoms. The molecule has 1 aromatic heterocycles. The van der Waals surface area contributed by atoms with Crippen molar-refractivity contribution in [3.05, 3.63) is 10.0 Å². The normalized spacial score (nSPS) is 19.9. The van der Waals surface area contributed by atoms with Crippen molar-refractivity contribution >= 4 is 34.0 Å². The first-order valence-corrected chi connectivity index (χ1v) is 7.07. The number of hydrogen-bond acceptors (Lipinski definition) is 5. The highest BCUT2D eigenvalue weighted by Crippen LogP contribution is 2.32. The molecule has 2 rings (SSSR count). The number of thiazole rings is 1. The van der Waals surface area contributed by atoms with Crippen molar-refractivity contribution in [3.63, 3.8) is 0 Å². The fourth-order valence-electron chi connectivity index (χ4n) is 2.12. The van der Waals surface area contributed by atoms with Gasteiger partial charge in [0.25, 0.3) is 0 Å². The molecule has 0 spiro atoms. The summed E-state index contributed by atoms with van der Waals surface area (Å²) in [5.74, 6) is 0.0775. The summed E-state index contributed by atoms with van der Waals surface area (Å²) in [5, 5.41) is 12.9. The van der Waals surface area contributed by atoms with Crippen LogP contribution < -0.4 is 10.2 Å². The molecule has 0 aromatic carbocycles. The van der Waals surface area contributed by atoms with Gasteiger partial charge in [-0.1, -0.05) is 22.9 Å². The number of carbonyl (C=O) groups is 1. The maximum Gasteiger partial charge on any atom is 0.224 e. The van der Waals surface area contributed by atoms with Crippen LogP contribution in [0.3, 0.4) is 0 Å². The Labute approximate surface area is 115 Å². The molecule has 1 unspecified atom stereocenters. The standard InChI is InChI=1S/C11H16ClN3O2S/c1-13-10(17)7-3-2-4-15(5-7)11-14-9(12)8(6-16)18-11/h7,16H,2-6H2,1H3,(H,13,17). The Bertz CT molecular complexity index is 438. The SMILES string of the molecule is CNC(=O)C1CCCN(c2nc(Cl)c(CO)s2)C1. The van der Waals surface area contributed by atoms with E-state index in [9.17, 15) is 4.79 Å². The minimum Gasteiger partial charge on any atom is -0.391 e. The zero-order chi connectivity index (χ0) is 13.1. The van der Waals surface area contributed by atoms with E-state index in [1.54, 1.807) is 7.05 Å².